The molecule has 1 aliphatic carbocycles. The van der Waals surface area contributed by atoms with Gasteiger partial charge in [0, 0.05) is 23.8 Å². The van der Waals surface area contributed by atoms with Gasteiger partial charge in [0.2, 0.25) is 6.04 Å². The molecule has 2 aromatic rings. The maximum Gasteiger partial charge on any atom is 0.331 e. The van der Waals surface area contributed by atoms with Crippen molar-refractivity contribution in [2.75, 3.05) is 0 Å². The highest BCUT2D eigenvalue weighted by atomic mass is 32.1. The molecule has 27 heavy (non-hydrogen) atoms. The Morgan fingerprint density at radius 2 is 2.30 bits per heavy atom. The van der Waals surface area contributed by atoms with Gasteiger partial charge in [0.15, 0.2) is 11.1 Å². The van der Waals surface area contributed by atoms with Gasteiger partial charge in [-0.05, 0) is 37.0 Å². The largest absolute Gasteiger partial charge is 0.446 e. The second kappa shape index (κ2) is 8.60. The highest BCUT2D eigenvalue weighted by Crippen LogP contribution is 2.22. The summed E-state index contributed by atoms with van der Waals surface area (Å²) in [7, 11) is 0. The molecule has 1 heterocycles. The summed E-state index contributed by atoms with van der Waals surface area (Å²) in [5.41, 5.74) is 1.68. The summed E-state index contributed by atoms with van der Waals surface area (Å²) in [6.07, 6.45) is 5.73. The molecule has 0 spiro atoms. The third-order valence-electron chi connectivity index (χ3n) is 4.08. The molecular weight excluding hydrogens is 364 g/mol. The first kappa shape index (κ1) is 18.8. The number of esters is 1. The second-order valence-electron chi connectivity index (χ2n) is 6.17. The van der Waals surface area contributed by atoms with Crippen molar-refractivity contribution >= 4 is 27.5 Å². The smallest absolute Gasteiger partial charge is 0.331 e. The Morgan fingerprint density at radius 1 is 1.48 bits per heavy atom. The maximum absolute atomic E-state index is 11.9. The number of rotatable bonds is 4. The fourth-order valence-corrected chi connectivity index (χ4v) is 3.57. The van der Waals surface area contributed by atoms with Gasteiger partial charge in [0.1, 0.15) is 0 Å². The van der Waals surface area contributed by atoms with Crippen LogP contribution in [0.1, 0.15) is 31.2 Å². The Hall–Kier alpha value is -2.98. The van der Waals surface area contributed by atoms with Gasteiger partial charge in [-0.3, -0.25) is 10.1 Å². The second-order valence-corrected chi connectivity index (χ2v) is 7.20. The van der Waals surface area contributed by atoms with Crippen LogP contribution < -0.4 is 0 Å². The Labute approximate surface area is 160 Å². The van der Waals surface area contributed by atoms with Crippen molar-refractivity contribution in [3.05, 3.63) is 63.2 Å². The summed E-state index contributed by atoms with van der Waals surface area (Å²) in [6.45, 7) is 1.69. The predicted octanol–water partition coefficient (Wildman–Crippen LogP) is 3.89. The summed E-state index contributed by atoms with van der Waals surface area (Å²) >= 11 is 1.49. The lowest BCUT2D eigenvalue weighted by atomic mass is 9.95. The first-order valence-corrected chi connectivity index (χ1v) is 9.41. The number of carbonyl (C=O) groups is 1. The Balaban J connectivity index is 1.55. The minimum atomic E-state index is -0.582. The predicted molar refractivity (Wildman–Crippen MR) is 104 cm³/mol. The van der Waals surface area contributed by atoms with E-state index in [-0.39, 0.29) is 4.92 Å². The Kier molecular flexibility index (Phi) is 5.99. The standard InChI is InChI=1S/C20H18N2O4S/c1-14(9-11-19-21-17-7-2-3-8-18(17)27-19)26-20(23)12-10-15-5-4-6-16(13-15)22(24)25/h2-3,5,7-8,10,12,14,16H,4,6,13H2,1H3/t14-,16?/m1/s1. The number of ether oxygens (including phenoxy) is 1. The van der Waals surface area contributed by atoms with Gasteiger partial charge in [-0.25, -0.2) is 9.78 Å². The van der Waals surface area contributed by atoms with Crippen LogP contribution >= 0.6 is 11.3 Å². The summed E-state index contributed by atoms with van der Waals surface area (Å²) in [5.74, 6) is 5.28. The molecule has 1 aromatic heterocycles. The first-order valence-electron chi connectivity index (χ1n) is 8.59. The summed E-state index contributed by atoms with van der Waals surface area (Å²) in [6, 6.07) is 7.20. The number of nitrogens with zero attached hydrogens (tertiary/aromatic N) is 2. The van der Waals surface area contributed by atoms with Gasteiger partial charge in [-0.1, -0.05) is 30.2 Å². The van der Waals surface area contributed by atoms with Gasteiger partial charge >= 0.3 is 5.97 Å². The van der Waals surface area contributed by atoms with E-state index in [1.54, 1.807) is 13.0 Å². The number of thiazole rings is 1. The third-order valence-corrected chi connectivity index (χ3v) is 5.03. The van der Waals surface area contributed by atoms with Gasteiger partial charge in [0.05, 0.1) is 10.2 Å². The fourth-order valence-electron chi connectivity index (χ4n) is 2.74. The number of fused-ring (bicyclic) bond motifs is 1. The van der Waals surface area contributed by atoms with Gasteiger partial charge in [-0.2, -0.15) is 0 Å². The molecule has 0 radical (unpaired) electrons. The number of allylic oxidation sites excluding steroid dienone is 2. The molecular formula is C20H18N2O4S. The van der Waals surface area contributed by atoms with Gasteiger partial charge in [-0.15, -0.1) is 11.3 Å². The van der Waals surface area contributed by atoms with E-state index in [0.29, 0.717) is 24.3 Å². The molecule has 0 saturated heterocycles. The SMILES string of the molecule is C[C@H](C#Cc1nc2ccccc2s1)OC(=O)C=CC1=CCCC([N+](=O)[O-])C1. The zero-order valence-electron chi connectivity index (χ0n) is 14.8. The van der Waals surface area contributed by atoms with Crippen LogP contribution in [0.3, 0.4) is 0 Å². The van der Waals surface area contributed by atoms with Gasteiger partial charge in [0.25, 0.3) is 0 Å². The normalized spacial score (nSPS) is 17.8. The van der Waals surface area contributed by atoms with E-state index >= 15 is 0 Å². The molecule has 0 bridgehead atoms. The fraction of sp³-hybridized carbons (Fsp3) is 0.300. The van der Waals surface area contributed by atoms with Crippen LogP contribution in [0.2, 0.25) is 0 Å². The molecule has 6 nitrogen and oxygen atoms in total. The van der Waals surface area contributed by atoms with Crippen molar-refractivity contribution < 1.29 is 14.5 Å². The maximum atomic E-state index is 11.9. The number of nitro groups is 1. The highest BCUT2D eigenvalue weighted by Gasteiger charge is 2.23. The molecule has 1 unspecified atom stereocenters. The topological polar surface area (TPSA) is 82.3 Å². The van der Waals surface area contributed by atoms with E-state index in [0.717, 1.165) is 15.8 Å². The summed E-state index contributed by atoms with van der Waals surface area (Å²) in [5, 5.41) is 11.5. The molecule has 0 amide bonds. The third kappa shape index (κ3) is 5.25. The quantitative estimate of drug-likeness (QED) is 0.263. The Morgan fingerprint density at radius 3 is 3.07 bits per heavy atom. The Bertz CT molecular complexity index is 948. The number of hydrogen-bond acceptors (Lipinski definition) is 6. The molecule has 0 fully saturated rings. The van der Waals surface area contributed by atoms with Crippen molar-refractivity contribution in [2.45, 2.75) is 38.3 Å². The molecule has 2 atom stereocenters. The molecule has 138 valence electrons. The number of benzene rings is 1. The number of aromatic nitrogens is 1. The van der Waals surface area contributed by atoms with Crippen molar-refractivity contribution in [2.24, 2.45) is 0 Å². The van der Waals surface area contributed by atoms with Crippen molar-refractivity contribution in [1.29, 1.82) is 0 Å². The molecule has 7 heteroatoms. The van der Waals surface area contributed by atoms with Crippen LogP contribution in [0.5, 0.6) is 0 Å². The van der Waals surface area contributed by atoms with Crippen LogP contribution in [0, 0.1) is 22.0 Å². The monoisotopic (exact) mass is 382 g/mol. The van der Waals surface area contributed by atoms with Crippen LogP contribution in [-0.4, -0.2) is 28.0 Å². The number of carbonyl (C=O) groups excluding carboxylic acids is 1. The lowest BCUT2D eigenvalue weighted by molar-refractivity contribution is -0.523. The lowest BCUT2D eigenvalue weighted by Crippen LogP contribution is -2.22. The van der Waals surface area contributed by atoms with E-state index in [1.807, 2.05) is 30.3 Å². The van der Waals surface area contributed by atoms with Crippen LogP contribution in [0.25, 0.3) is 10.2 Å². The van der Waals surface area contributed by atoms with Crippen molar-refractivity contribution in [3.8, 4) is 11.8 Å². The van der Waals surface area contributed by atoms with E-state index in [4.69, 9.17) is 4.74 Å². The van der Waals surface area contributed by atoms with Crippen LogP contribution in [0.15, 0.2) is 48.1 Å². The van der Waals surface area contributed by atoms with Gasteiger partial charge < -0.3 is 4.74 Å². The zero-order chi connectivity index (χ0) is 19.2. The molecule has 3 rings (SSSR count). The van der Waals surface area contributed by atoms with E-state index in [1.165, 1.54) is 17.4 Å². The molecule has 1 aliphatic rings. The molecule has 0 N–H and O–H groups in total. The zero-order valence-corrected chi connectivity index (χ0v) is 15.6. The van der Waals surface area contributed by atoms with E-state index in [2.05, 4.69) is 16.8 Å². The summed E-state index contributed by atoms with van der Waals surface area (Å²) in [4.78, 5) is 26.9. The highest BCUT2D eigenvalue weighted by molar-refractivity contribution is 7.19. The number of para-hydroxylation sites is 1. The first-order chi connectivity index (χ1) is 13.0. The van der Waals surface area contributed by atoms with Crippen LogP contribution in [0.4, 0.5) is 0 Å². The van der Waals surface area contributed by atoms with Crippen LogP contribution in [-0.2, 0) is 9.53 Å². The average Bonchev–Trinajstić information content (AvgIpc) is 3.08. The van der Waals surface area contributed by atoms with Crippen molar-refractivity contribution in [1.82, 2.24) is 4.98 Å². The summed E-state index contributed by atoms with van der Waals surface area (Å²) < 4.78 is 6.29. The van der Waals surface area contributed by atoms with E-state index < -0.39 is 18.1 Å². The molecule has 1 aromatic carbocycles. The van der Waals surface area contributed by atoms with Crippen molar-refractivity contribution in [3.63, 3.8) is 0 Å². The minimum absolute atomic E-state index is 0.265. The molecule has 0 aliphatic heterocycles. The average molecular weight is 382 g/mol. The molecule has 0 saturated carbocycles. The minimum Gasteiger partial charge on any atom is -0.446 e. The van der Waals surface area contributed by atoms with E-state index in [9.17, 15) is 14.9 Å². The number of hydrogen-bond donors (Lipinski definition) is 0. The lowest BCUT2D eigenvalue weighted by Gasteiger charge is -2.14.